The summed E-state index contributed by atoms with van der Waals surface area (Å²) in [6.45, 7) is 6.03. The SMILES string of the molecule is CC(Cc1cccs1)N(C)CCC1CCCNC1. The topological polar surface area (TPSA) is 15.3 Å². The Morgan fingerprint density at radius 3 is 3.11 bits per heavy atom. The Kier molecular flexibility index (Phi) is 5.67. The van der Waals surface area contributed by atoms with Gasteiger partial charge in [-0.05, 0) is 76.7 Å². The van der Waals surface area contributed by atoms with Gasteiger partial charge in [0.15, 0.2) is 0 Å². The summed E-state index contributed by atoms with van der Waals surface area (Å²) in [7, 11) is 2.27. The molecular weight excluding hydrogens is 240 g/mol. The Morgan fingerprint density at radius 1 is 1.56 bits per heavy atom. The smallest absolute Gasteiger partial charge is 0.0112 e. The quantitative estimate of drug-likeness (QED) is 0.851. The van der Waals surface area contributed by atoms with Gasteiger partial charge in [-0.15, -0.1) is 11.3 Å². The highest BCUT2D eigenvalue weighted by Crippen LogP contribution is 2.17. The fraction of sp³-hybridized carbons (Fsp3) is 0.733. The molecule has 0 saturated carbocycles. The van der Waals surface area contributed by atoms with Crippen LogP contribution in [0.15, 0.2) is 17.5 Å². The molecule has 2 unspecified atom stereocenters. The zero-order valence-corrected chi connectivity index (χ0v) is 12.5. The van der Waals surface area contributed by atoms with Gasteiger partial charge >= 0.3 is 0 Å². The standard InChI is InChI=1S/C15H26N2S/c1-13(11-15-6-4-10-18-15)17(2)9-7-14-5-3-8-16-12-14/h4,6,10,13-14,16H,3,5,7-9,11-12H2,1-2H3. The summed E-state index contributed by atoms with van der Waals surface area (Å²) in [5.41, 5.74) is 0. The summed E-state index contributed by atoms with van der Waals surface area (Å²) < 4.78 is 0. The molecule has 2 nitrogen and oxygen atoms in total. The molecule has 1 saturated heterocycles. The fourth-order valence-corrected chi connectivity index (χ4v) is 3.48. The van der Waals surface area contributed by atoms with Crippen LogP contribution in [-0.2, 0) is 6.42 Å². The minimum Gasteiger partial charge on any atom is -0.316 e. The molecule has 3 heteroatoms. The van der Waals surface area contributed by atoms with Crippen LogP contribution >= 0.6 is 11.3 Å². The molecule has 102 valence electrons. The third kappa shape index (κ3) is 4.38. The molecule has 0 aromatic carbocycles. The highest BCUT2D eigenvalue weighted by Gasteiger charge is 2.16. The van der Waals surface area contributed by atoms with E-state index < -0.39 is 0 Å². The van der Waals surface area contributed by atoms with Gasteiger partial charge in [-0.3, -0.25) is 0 Å². The Hall–Kier alpha value is -0.380. The van der Waals surface area contributed by atoms with E-state index in [0.29, 0.717) is 6.04 Å². The van der Waals surface area contributed by atoms with Crippen LogP contribution in [0.2, 0.25) is 0 Å². The van der Waals surface area contributed by atoms with E-state index in [1.807, 2.05) is 11.3 Å². The van der Waals surface area contributed by atoms with Gasteiger partial charge in [0.25, 0.3) is 0 Å². The minimum absolute atomic E-state index is 0.653. The van der Waals surface area contributed by atoms with Gasteiger partial charge in [-0.25, -0.2) is 0 Å². The number of hydrogen-bond donors (Lipinski definition) is 1. The molecule has 1 aromatic rings. The summed E-state index contributed by atoms with van der Waals surface area (Å²) in [5, 5.41) is 5.68. The van der Waals surface area contributed by atoms with Crippen LogP contribution in [0.25, 0.3) is 0 Å². The van der Waals surface area contributed by atoms with Gasteiger partial charge in [0.1, 0.15) is 0 Å². The van der Waals surface area contributed by atoms with Crippen molar-refractivity contribution in [2.45, 2.75) is 38.6 Å². The Balaban J connectivity index is 1.68. The lowest BCUT2D eigenvalue weighted by atomic mass is 9.96. The number of likely N-dealkylation sites (N-methyl/N-ethyl adjacent to an activating group) is 1. The number of piperidine rings is 1. The monoisotopic (exact) mass is 266 g/mol. The Bertz CT molecular complexity index is 317. The zero-order valence-electron chi connectivity index (χ0n) is 11.7. The van der Waals surface area contributed by atoms with E-state index in [1.54, 1.807) is 0 Å². The molecule has 18 heavy (non-hydrogen) atoms. The predicted octanol–water partition coefficient (Wildman–Crippen LogP) is 3.00. The molecule has 2 atom stereocenters. The number of thiophene rings is 1. The predicted molar refractivity (Wildman–Crippen MR) is 80.3 cm³/mol. The van der Waals surface area contributed by atoms with Crippen molar-refractivity contribution in [3.63, 3.8) is 0 Å². The first-order chi connectivity index (χ1) is 8.75. The molecule has 1 aromatic heterocycles. The van der Waals surface area contributed by atoms with Crippen LogP contribution in [0, 0.1) is 5.92 Å². The highest BCUT2D eigenvalue weighted by molar-refractivity contribution is 7.09. The third-order valence-electron chi connectivity index (χ3n) is 4.12. The third-order valence-corrected chi connectivity index (χ3v) is 5.02. The van der Waals surface area contributed by atoms with Crippen molar-refractivity contribution in [1.29, 1.82) is 0 Å². The van der Waals surface area contributed by atoms with Crippen molar-refractivity contribution in [3.05, 3.63) is 22.4 Å². The molecule has 2 heterocycles. The van der Waals surface area contributed by atoms with E-state index in [1.165, 1.54) is 50.2 Å². The van der Waals surface area contributed by atoms with Gasteiger partial charge in [0.05, 0.1) is 0 Å². The summed E-state index contributed by atoms with van der Waals surface area (Å²) in [6, 6.07) is 5.06. The molecule has 1 fully saturated rings. The number of nitrogens with one attached hydrogen (secondary N) is 1. The summed E-state index contributed by atoms with van der Waals surface area (Å²) in [6.07, 6.45) is 5.31. The molecule has 0 spiro atoms. The number of nitrogens with zero attached hydrogens (tertiary/aromatic N) is 1. The number of rotatable bonds is 6. The molecule has 1 aliphatic heterocycles. The van der Waals surface area contributed by atoms with Crippen molar-refractivity contribution in [3.8, 4) is 0 Å². The van der Waals surface area contributed by atoms with E-state index in [9.17, 15) is 0 Å². The van der Waals surface area contributed by atoms with Crippen LogP contribution in [0.4, 0.5) is 0 Å². The summed E-state index contributed by atoms with van der Waals surface area (Å²) in [5.74, 6) is 0.898. The summed E-state index contributed by atoms with van der Waals surface area (Å²) in [4.78, 5) is 4.03. The van der Waals surface area contributed by atoms with Crippen LogP contribution in [0.5, 0.6) is 0 Å². The molecule has 0 aliphatic carbocycles. The van der Waals surface area contributed by atoms with Gasteiger partial charge in [0, 0.05) is 10.9 Å². The van der Waals surface area contributed by atoms with Crippen LogP contribution < -0.4 is 5.32 Å². The van der Waals surface area contributed by atoms with E-state index in [0.717, 1.165) is 5.92 Å². The lowest BCUT2D eigenvalue weighted by molar-refractivity contribution is 0.225. The molecule has 1 aliphatic rings. The van der Waals surface area contributed by atoms with Crippen LogP contribution in [-0.4, -0.2) is 37.6 Å². The second-order valence-electron chi connectivity index (χ2n) is 5.61. The largest absolute Gasteiger partial charge is 0.316 e. The molecule has 1 N–H and O–H groups in total. The van der Waals surface area contributed by atoms with Crippen molar-refractivity contribution in [1.82, 2.24) is 10.2 Å². The minimum atomic E-state index is 0.653. The van der Waals surface area contributed by atoms with Crippen molar-refractivity contribution in [2.75, 3.05) is 26.7 Å². The van der Waals surface area contributed by atoms with E-state index in [2.05, 4.69) is 41.7 Å². The Labute approximate surface area is 115 Å². The molecule has 0 amide bonds. The first-order valence-corrected chi connectivity index (χ1v) is 8.07. The van der Waals surface area contributed by atoms with Crippen molar-refractivity contribution < 1.29 is 0 Å². The molecule has 2 rings (SSSR count). The van der Waals surface area contributed by atoms with Crippen LogP contribution in [0.1, 0.15) is 31.1 Å². The second kappa shape index (κ2) is 7.27. The van der Waals surface area contributed by atoms with Crippen molar-refractivity contribution in [2.24, 2.45) is 5.92 Å². The van der Waals surface area contributed by atoms with Crippen molar-refractivity contribution >= 4 is 11.3 Å². The highest BCUT2D eigenvalue weighted by atomic mass is 32.1. The van der Waals surface area contributed by atoms with E-state index in [-0.39, 0.29) is 0 Å². The van der Waals surface area contributed by atoms with Gasteiger partial charge in [0.2, 0.25) is 0 Å². The van der Waals surface area contributed by atoms with Gasteiger partial charge in [-0.2, -0.15) is 0 Å². The molecular formula is C15H26N2S. The average Bonchev–Trinajstić information content (AvgIpc) is 2.90. The first kappa shape index (κ1) is 14.0. The van der Waals surface area contributed by atoms with Crippen LogP contribution in [0.3, 0.4) is 0 Å². The lowest BCUT2D eigenvalue weighted by Gasteiger charge is -2.28. The first-order valence-electron chi connectivity index (χ1n) is 7.19. The van der Waals surface area contributed by atoms with E-state index >= 15 is 0 Å². The van der Waals surface area contributed by atoms with E-state index in [4.69, 9.17) is 0 Å². The maximum absolute atomic E-state index is 3.51. The number of hydrogen-bond acceptors (Lipinski definition) is 3. The van der Waals surface area contributed by atoms with Gasteiger partial charge in [-0.1, -0.05) is 6.07 Å². The normalized spacial score (nSPS) is 22.3. The fourth-order valence-electron chi connectivity index (χ4n) is 2.65. The Morgan fingerprint density at radius 2 is 2.44 bits per heavy atom. The summed E-state index contributed by atoms with van der Waals surface area (Å²) >= 11 is 1.88. The van der Waals surface area contributed by atoms with Gasteiger partial charge < -0.3 is 10.2 Å². The lowest BCUT2D eigenvalue weighted by Crippen LogP contribution is -2.35. The molecule has 0 bridgehead atoms. The molecule has 0 radical (unpaired) electrons. The maximum atomic E-state index is 3.51. The maximum Gasteiger partial charge on any atom is 0.0112 e. The second-order valence-corrected chi connectivity index (χ2v) is 6.65. The average molecular weight is 266 g/mol. The zero-order chi connectivity index (χ0) is 12.8.